The molecule has 6 nitrogen and oxygen atoms in total. The highest BCUT2D eigenvalue weighted by Gasteiger charge is 2.58. The third kappa shape index (κ3) is 6.33. The molecule has 0 saturated carbocycles. The minimum Gasteiger partial charge on any atom is -0.507 e. The number of nitrogens with zero attached hydrogens (tertiary/aromatic N) is 2. The lowest BCUT2D eigenvalue weighted by molar-refractivity contribution is -0.144. The molecule has 6 rings (SSSR count). The van der Waals surface area contributed by atoms with Gasteiger partial charge in [-0.2, -0.15) is 0 Å². The Kier molecular flexibility index (Phi) is 9.74. The average molecular weight is 662 g/mol. The number of carbonyl (C=O) groups excluding carboxylic acids is 2. The van der Waals surface area contributed by atoms with Gasteiger partial charge in [0.05, 0.1) is 24.5 Å². The number of aromatic hydroxyl groups is 1. The number of amides is 2. The molecular weight excluding hydrogens is 616 g/mol. The number of carbonyl (C=O) groups is 2. The number of hydrogen-bond donors (Lipinski definition) is 1. The van der Waals surface area contributed by atoms with Crippen molar-refractivity contribution in [2.24, 2.45) is 17.8 Å². The maximum atomic E-state index is 14.1. The number of fused-ring (bicyclic) bond motifs is 3. The fourth-order valence-electron chi connectivity index (χ4n) is 8.10. The maximum absolute atomic E-state index is 14.1. The van der Waals surface area contributed by atoms with E-state index in [4.69, 9.17) is 4.74 Å². The fourth-order valence-corrected chi connectivity index (χ4v) is 8.48. The van der Waals surface area contributed by atoms with E-state index in [1.165, 1.54) is 22.3 Å². The summed E-state index contributed by atoms with van der Waals surface area (Å²) in [6.07, 6.45) is 9.01. The van der Waals surface area contributed by atoms with Crippen LogP contribution in [0.25, 0.3) is 6.08 Å². The zero-order valence-corrected chi connectivity index (χ0v) is 27.6. The summed E-state index contributed by atoms with van der Waals surface area (Å²) in [6, 6.07) is 16.0. The number of rotatable bonds is 10. The largest absolute Gasteiger partial charge is 0.507 e. The predicted molar refractivity (Wildman–Crippen MR) is 177 cm³/mol. The van der Waals surface area contributed by atoms with Crippen LogP contribution in [-0.2, 0) is 20.9 Å². The van der Waals surface area contributed by atoms with Crippen LogP contribution in [0, 0.1) is 17.8 Å². The van der Waals surface area contributed by atoms with Crippen molar-refractivity contribution in [2.75, 3.05) is 19.7 Å². The Morgan fingerprint density at radius 3 is 2.55 bits per heavy atom. The number of likely N-dealkylation sites (tertiary alicyclic amines) is 2. The van der Waals surface area contributed by atoms with E-state index in [-0.39, 0.29) is 47.5 Å². The molecule has 0 aromatic heterocycles. The van der Waals surface area contributed by atoms with E-state index in [0.29, 0.717) is 13.0 Å². The first-order valence-electron chi connectivity index (χ1n) is 16.5. The Bertz CT molecular complexity index is 1430. The van der Waals surface area contributed by atoms with Crippen LogP contribution in [-0.4, -0.2) is 58.6 Å². The summed E-state index contributed by atoms with van der Waals surface area (Å²) in [5.74, 6) is -0.148. The van der Waals surface area contributed by atoms with E-state index in [0.717, 1.165) is 74.6 Å². The fraction of sp³-hybridized carbons (Fsp3) is 0.514. The molecule has 234 valence electrons. The van der Waals surface area contributed by atoms with Crippen LogP contribution < -0.4 is 0 Å². The first-order valence-corrected chi connectivity index (χ1v) is 17.3. The second-order valence-electron chi connectivity index (χ2n) is 13.0. The summed E-state index contributed by atoms with van der Waals surface area (Å²) in [5.41, 5.74) is 6.04. The summed E-state index contributed by atoms with van der Waals surface area (Å²) in [5, 5.41) is 10.4. The van der Waals surface area contributed by atoms with E-state index in [2.05, 4.69) is 65.0 Å². The standard InChI is InChI=1S/C37H45BrN2O4/c1-3-8-26-21-30-35(37(43)40(36(30)42)29-15-17-39(18-16-29)22-25-9-6-5-7-10-25)31-23-44-33(34(26)31)14-11-24(4-2)19-27-20-28(38)12-13-32(27)41/h5-7,9-10,12-13,19-20,29-31,33,35,41H,3-4,8,11,14-18,21-23H2,1-2H3/b24-19+/t30-,31+,33-,35-/m1/s1. The summed E-state index contributed by atoms with van der Waals surface area (Å²) < 4.78 is 7.41. The number of imide groups is 1. The van der Waals surface area contributed by atoms with Gasteiger partial charge in [-0.15, -0.1) is 0 Å². The molecule has 2 aromatic carbocycles. The van der Waals surface area contributed by atoms with E-state index in [1.54, 1.807) is 11.0 Å². The molecule has 44 heavy (non-hydrogen) atoms. The van der Waals surface area contributed by atoms with E-state index in [1.807, 2.05) is 18.2 Å². The topological polar surface area (TPSA) is 70.1 Å². The normalized spacial score (nSPS) is 26.4. The number of halogens is 1. The van der Waals surface area contributed by atoms with Gasteiger partial charge in [0.15, 0.2) is 0 Å². The highest BCUT2D eigenvalue weighted by molar-refractivity contribution is 9.10. The second-order valence-corrected chi connectivity index (χ2v) is 13.9. The van der Waals surface area contributed by atoms with Crippen molar-refractivity contribution in [1.29, 1.82) is 0 Å². The molecule has 4 aliphatic rings. The average Bonchev–Trinajstić information content (AvgIpc) is 3.56. The minimum atomic E-state index is -0.287. The first kappa shape index (κ1) is 31.3. The number of piperidine rings is 1. The molecule has 0 radical (unpaired) electrons. The van der Waals surface area contributed by atoms with Crippen molar-refractivity contribution in [1.82, 2.24) is 9.80 Å². The number of phenols is 1. The van der Waals surface area contributed by atoms with Crippen molar-refractivity contribution >= 4 is 33.8 Å². The van der Waals surface area contributed by atoms with Crippen LogP contribution >= 0.6 is 15.9 Å². The minimum absolute atomic E-state index is 0.00287. The zero-order chi connectivity index (χ0) is 30.8. The van der Waals surface area contributed by atoms with Gasteiger partial charge in [0.1, 0.15) is 5.75 Å². The number of phenolic OH excluding ortho intramolecular Hbond substituents is 1. The van der Waals surface area contributed by atoms with Gasteiger partial charge in [-0.25, -0.2) is 0 Å². The van der Waals surface area contributed by atoms with Crippen LogP contribution in [0.5, 0.6) is 5.75 Å². The van der Waals surface area contributed by atoms with Crippen molar-refractivity contribution in [3.63, 3.8) is 0 Å². The van der Waals surface area contributed by atoms with Gasteiger partial charge in [0.2, 0.25) is 11.8 Å². The van der Waals surface area contributed by atoms with Crippen LogP contribution in [0.3, 0.4) is 0 Å². The first-order chi connectivity index (χ1) is 21.4. The number of allylic oxidation sites excluding steroid dienone is 2. The third-order valence-electron chi connectivity index (χ3n) is 10.3. The van der Waals surface area contributed by atoms with Crippen LogP contribution in [0.1, 0.15) is 76.3 Å². The smallest absolute Gasteiger partial charge is 0.234 e. The molecule has 0 unspecified atom stereocenters. The third-order valence-corrected chi connectivity index (χ3v) is 10.8. The Morgan fingerprint density at radius 2 is 1.82 bits per heavy atom. The summed E-state index contributed by atoms with van der Waals surface area (Å²) in [4.78, 5) is 32.1. The molecule has 0 bridgehead atoms. The molecule has 7 heteroatoms. The van der Waals surface area contributed by atoms with Crippen LogP contribution in [0.15, 0.2) is 69.7 Å². The van der Waals surface area contributed by atoms with Gasteiger partial charge < -0.3 is 9.84 Å². The monoisotopic (exact) mass is 660 g/mol. The lowest BCUT2D eigenvalue weighted by Crippen LogP contribution is -2.47. The molecule has 0 spiro atoms. The molecule has 1 aliphatic carbocycles. The zero-order valence-electron chi connectivity index (χ0n) is 26.0. The van der Waals surface area contributed by atoms with Crippen molar-refractivity contribution in [3.8, 4) is 5.75 Å². The Hall–Kier alpha value is -2.74. The number of ether oxygens (including phenoxy) is 1. The van der Waals surface area contributed by atoms with Crippen molar-refractivity contribution in [2.45, 2.75) is 83.9 Å². The van der Waals surface area contributed by atoms with E-state index >= 15 is 0 Å². The van der Waals surface area contributed by atoms with Crippen molar-refractivity contribution < 1.29 is 19.4 Å². The molecule has 3 heterocycles. The maximum Gasteiger partial charge on any atom is 0.234 e. The number of hydrogen-bond acceptors (Lipinski definition) is 5. The van der Waals surface area contributed by atoms with Crippen molar-refractivity contribution in [3.05, 3.63) is 80.8 Å². The van der Waals surface area contributed by atoms with Crippen LogP contribution in [0.4, 0.5) is 0 Å². The molecular formula is C37H45BrN2O4. The summed E-state index contributed by atoms with van der Waals surface area (Å²) in [7, 11) is 0. The van der Waals surface area contributed by atoms with E-state index < -0.39 is 0 Å². The van der Waals surface area contributed by atoms with Gasteiger partial charge in [-0.3, -0.25) is 19.4 Å². The molecule has 3 saturated heterocycles. The van der Waals surface area contributed by atoms with Gasteiger partial charge in [0.25, 0.3) is 0 Å². The molecule has 1 N–H and O–H groups in total. The molecule has 4 atom stereocenters. The summed E-state index contributed by atoms with van der Waals surface area (Å²) in [6.45, 7) is 7.57. The van der Waals surface area contributed by atoms with Gasteiger partial charge in [0, 0.05) is 41.6 Å². The van der Waals surface area contributed by atoms with Crippen LogP contribution in [0.2, 0.25) is 0 Å². The highest BCUT2D eigenvalue weighted by atomic mass is 79.9. The Morgan fingerprint density at radius 1 is 1.05 bits per heavy atom. The molecule has 2 amide bonds. The molecule has 2 aromatic rings. The summed E-state index contributed by atoms with van der Waals surface area (Å²) >= 11 is 3.51. The van der Waals surface area contributed by atoms with Gasteiger partial charge in [-0.05, 0) is 74.3 Å². The van der Waals surface area contributed by atoms with Gasteiger partial charge >= 0.3 is 0 Å². The van der Waals surface area contributed by atoms with E-state index in [9.17, 15) is 14.7 Å². The number of benzene rings is 2. The Labute approximate surface area is 270 Å². The lowest BCUT2D eigenvalue weighted by Gasteiger charge is -2.36. The SMILES string of the molecule is CCCC1=C2[C@@H](CC/C(=C/c3cc(Br)ccc3O)CC)OC[C@@H]2[C@@H]2C(=O)N(C3CCN(Cc4ccccc4)CC3)C(=O)[C@@H]2C1. The Balaban J connectivity index is 1.14. The quantitative estimate of drug-likeness (QED) is 0.211. The molecule has 3 aliphatic heterocycles. The molecule has 3 fully saturated rings. The lowest BCUT2D eigenvalue weighted by atomic mass is 9.68. The predicted octanol–water partition coefficient (Wildman–Crippen LogP) is 7.51. The second kappa shape index (κ2) is 13.7. The van der Waals surface area contributed by atoms with Gasteiger partial charge in [-0.1, -0.05) is 83.8 Å². The highest BCUT2D eigenvalue weighted by Crippen LogP contribution is 2.51.